The first-order chi connectivity index (χ1) is 24.4. The highest BCUT2D eigenvalue weighted by Crippen LogP contribution is 2.61. The lowest BCUT2D eigenvalue weighted by atomic mass is 9.45. The fourth-order valence-electron chi connectivity index (χ4n) is 9.17. The highest BCUT2D eigenvalue weighted by atomic mass is 16.7. The maximum atomic E-state index is 14.3. The van der Waals surface area contributed by atoms with Gasteiger partial charge >= 0.3 is 0 Å². The first-order valence-corrected chi connectivity index (χ1v) is 18.8. The monoisotopic (exact) mass is 697 g/mol. The molecule has 3 aliphatic carbocycles. The largest absolute Gasteiger partial charge is 0.496 e. The van der Waals surface area contributed by atoms with Gasteiger partial charge < -0.3 is 31.1 Å². The van der Waals surface area contributed by atoms with Crippen LogP contribution < -0.4 is 26.0 Å². The lowest BCUT2D eigenvalue weighted by Crippen LogP contribution is -2.62. The molecule has 8 atom stereocenters. The van der Waals surface area contributed by atoms with Gasteiger partial charge in [-0.1, -0.05) is 69.3 Å². The third-order valence-electron chi connectivity index (χ3n) is 12.3. The second-order valence-corrected chi connectivity index (χ2v) is 16.0. The topological polar surface area (TPSA) is 112 Å². The normalized spacial score (nSPS) is 27.4. The molecule has 51 heavy (non-hydrogen) atoms. The Bertz CT molecular complexity index is 1650. The van der Waals surface area contributed by atoms with Gasteiger partial charge in [-0.15, -0.1) is 0 Å². The number of methoxy groups -OCH3 is 1. The molecule has 3 saturated carbocycles. The molecule has 1 amide bonds. The minimum Gasteiger partial charge on any atom is -0.496 e. The molecule has 0 aromatic heterocycles. The molecule has 0 spiro atoms. The molecule has 4 aliphatic rings. The van der Waals surface area contributed by atoms with Gasteiger partial charge in [0, 0.05) is 56.0 Å². The first kappa shape index (κ1) is 37.3. The minimum atomic E-state index is -0.780. The zero-order valence-electron chi connectivity index (χ0n) is 31.6. The summed E-state index contributed by atoms with van der Waals surface area (Å²) in [6, 6.07) is 22.7. The Labute approximate surface area is 304 Å². The quantitative estimate of drug-likeness (QED) is 0.166. The predicted molar refractivity (Wildman–Crippen MR) is 204 cm³/mol. The number of ether oxygens (including phenoxy) is 1. The summed E-state index contributed by atoms with van der Waals surface area (Å²) in [7, 11) is 5.80. The zero-order chi connectivity index (χ0) is 36.4. The Morgan fingerprint density at radius 3 is 2.51 bits per heavy atom. The van der Waals surface area contributed by atoms with E-state index in [1.54, 1.807) is 19.1 Å². The number of benzene rings is 3. The van der Waals surface area contributed by atoms with Crippen molar-refractivity contribution < 1.29 is 19.5 Å². The summed E-state index contributed by atoms with van der Waals surface area (Å²) in [5, 5.41) is 19.8. The third kappa shape index (κ3) is 7.69. The number of amides is 1. The molecular weight excluding hydrogens is 638 g/mol. The number of hydroxylamine groups is 2. The van der Waals surface area contributed by atoms with Gasteiger partial charge in [-0.2, -0.15) is 5.06 Å². The fraction of sp³-hybridized carbons (Fsp3) is 0.548. The summed E-state index contributed by atoms with van der Waals surface area (Å²) in [5.74, 6) is 1.76. The van der Waals surface area contributed by atoms with Crippen molar-refractivity contribution in [2.24, 2.45) is 34.8 Å². The van der Waals surface area contributed by atoms with Gasteiger partial charge in [0.25, 0.3) is 0 Å². The van der Waals surface area contributed by atoms with Gasteiger partial charge in [0.1, 0.15) is 11.8 Å². The van der Waals surface area contributed by atoms with Gasteiger partial charge in [0.2, 0.25) is 5.91 Å². The van der Waals surface area contributed by atoms with Crippen LogP contribution >= 0.6 is 0 Å². The second kappa shape index (κ2) is 15.6. The van der Waals surface area contributed by atoms with Gasteiger partial charge in [-0.25, -0.2) is 0 Å². The van der Waals surface area contributed by atoms with Crippen molar-refractivity contribution in [1.29, 1.82) is 0 Å². The Morgan fingerprint density at radius 2 is 1.86 bits per heavy atom. The number of carbonyl (C=O) groups excluding carboxylic acids is 1. The lowest BCUT2D eigenvalue weighted by molar-refractivity contribution is -0.175. The molecule has 1 aliphatic heterocycles. The minimum absolute atomic E-state index is 0.103. The van der Waals surface area contributed by atoms with Gasteiger partial charge in [-0.3, -0.25) is 9.63 Å². The van der Waals surface area contributed by atoms with E-state index in [0.717, 1.165) is 54.1 Å². The zero-order valence-corrected chi connectivity index (χ0v) is 31.6. The number of aliphatic hydroxyl groups excluding tert-OH is 1. The highest BCUT2D eigenvalue weighted by molar-refractivity contribution is 5.83. The van der Waals surface area contributed by atoms with Crippen molar-refractivity contribution in [3.8, 4) is 16.9 Å². The van der Waals surface area contributed by atoms with E-state index in [-0.39, 0.29) is 18.5 Å². The van der Waals surface area contributed by atoms with Crippen LogP contribution in [0.25, 0.3) is 11.1 Å². The molecular formula is C42H59N5O4. The molecule has 7 rings (SSSR count). The number of fused-ring (bicyclic) bond motifs is 2. The van der Waals surface area contributed by atoms with Gasteiger partial charge in [0.15, 0.2) is 0 Å². The smallest absolute Gasteiger partial charge is 0.240 e. The van der Waals surface area contributed by atoms with E-state index in [1.807, 2.05) is 18.2 Å². The molecule has 3 aromatic carbocycles. The number of nitrogens with two attached hydrogens (primary N) is 1. The van der Waals surface area contributed by atoms with Gasteiger partial charge in [0.05, 0.1) is 25.9 Å². The van der Waals surface area contributed by atoms with E-state index < -0.39 is 24.2 Å². The van der Waals surface area contributed by atoms with E-state index in [0.29, 0.717) is 29.7 Å². The Morgan fingerprint density at radius 1 is 1.10 bits per heavy atom. The SMILES string of the molecule is COc1c(CN2O[C@@H](CN)[C@@H]([C@H](C)O)[C@H]2C(=O)N[C@H]2C[C@H]3C[C@@H]([C@@H]2C)C3(C)C)cccc1-c1cc(CNCCc2ccccc2)cc(N(C)C)c1. The summed E-state index contributed by atoms with van der Waals surface area (Å²) in [6.07, 6.45) is 1.92. The summed E-state index contributed by atoms with van der Waals surface area (Å²) >= 11 is 0. The number of nitrogens with one attached hydrogen (secondary N) is 2. The molecule has 4 fully saturated rings. The number of aliphatic hydroxyl groups is 1. The fourth-order valence-corrected chi connectivity index (χ4v) is 9.17. The predicted octanol–water partition coefficient (Wildman–Crippen LogP) is 5.39. The molecule has 1 heterocycles. The molecule has 9 nitrogen and oxygen atoms in total. The van der Waals surface area contributed by atoms with Crippen LogP contribution in [0.5, 0.6) is 5.75 Å². The van der Waals surface area contributed by atoms with Crippen molar-refractivity contribution in [3.63, 3.8) is 0 Å². The Kier molecular flexibility index (Phi) is 11.4. The molecule has 2 bridgehead atoms. The molecule has 0 unspecified atom stereocenters. The Balaban J connectivity index is 1.24. The summed E-state index contributed by atoms with van der Waals surface area (Å²) in [5.41, 5.74) is 13.0. The number of hydrogen-bond acceptors (Lipinski definition) is 8. The maximum Gasteiger partial charge on any atom is 0.240 e. The van der Waals surface area contributed by atoms with Crippen LogP contribution in [0.2, 0.25) is 0 Å². The van der Waals surface area contributed by atoms with E-state index in [4.69, 9.17) is 15.3 Å². The van der Waals surface area contributed by atoms with Crippen molar-refractivity contribution in [1.82, 2.24) is 15.7 Å². The first-order valence-electron chi connectivity index (χ1n) is 18.8. The molecule has 3 aromatic rings. The van der Waals surface area contributed by atoms with E-state index >= 15 is 0 Å². The van der Waals surface area contributed by atoms with Crippen molar-refractivity contribution in [2.75, 3.05) is 39.2 Å². The maximum absolute atomic E-state index is 14.3. The summed E-state index contributed by atoms with van der Waals surface area (Å²) in [6.45, 7) is 10.9. The summed E-state index contributed by atoms with van der Waals surface area (Å²) < 4.78 is 6.14. The number of hydrogen-bond donors (Lipinski definition) is 4. The Hall–Kier alpha value is -3.47. The van der Waals surface area contributed by atoms with E-state index in [2.05, 4.69) is 98.9 Å². The van der Waals surface area contributed by atoms with E-state index in [1.165, 1.54) is 17.5 Å². The van der Waals surface area contributed by atoms with Crippen LogP contribution in [0.4, 0.5) is 5.69 Å². The average Bonchev–Trinajstić information content (AvgIpc) is 3.49. The van der Waals surface area contributed by atoms with Crippen LogP contribution in [-0.4, -0.2) is 74.7 Å². The summed E-state index contributed by atoms with van der Waals surface area (Å²) in [4.78, 5) is 22.8. The molecule has 0 radical (unpaired) electrons. The van der Waals surface area contributed by atoms with Crippen molar-refractivity contribution >= 4 is 11.6 Å². The molecule has 5 N–H and O–H groups in total. The molecule has 9 heteroatoms. The number of anilines is 1. The van der Waals surface area contributed by atoms with Gasteiger partial charge in [-0.05, 0) is 90.8 Å². The number of para-hydroxylation sites is 1. The van der Waals surface area contributed by atoms with Crippen molar-refractivity contribution in [2.45, 2.75) is 84.3 Å². The molecule has 276 valence electrons. The second-order valence-electron chi connectivity index (χ2n) is 16.0. The average molecular weight is 698 g/mol. The standard InChI is InChI=1S/C42H59N5O4/c1-26-35-21-32(42(35,3)4)22-36(26)45-41(49)39-38(27(2)48)37(23-43)51-47(39)25-30-14-11-15-34(40(30)50-7)31-18-29(19-33(20-31)46(5)6)24-44-17-16-28-12-9-8-10-13-28/h8-15,18-20,26-27,32,35-39,44,48H,16-17,21-25,43H2,1-7H3,(H,45,49)/t26-,27-,32+,35-,36-,37-,38+,39-/m0/s1. The van der Waals surface area contributed by atoms with E-state index in [9.17, 15) is 9.90 Å². The lowest BCUT2D eigenvalue weighted by Gasteiger charge is -2.62. The number of nitrogens with zero attached hydrogens (tertiary/aromatic N) is 2. The highest BCUT2D eigenvalue weighted by Gasteiger charge is 2.57. The molecule has 1 saturated heterocycles. The van der Waals surface area contributed by atoms with Crippen LogP contribution in [0.3, 0.4) is 0 Å². The third-order valence-corrected chi connectivity index (χ3v) is 12.3. The number of carbonyl (C=O) groups is 1. The van der Waals surface area contributed by atoms with Crippen molar-refractivity contribution in [3.05, 3.63) is 83.4 Å². The van der Waals surface area contributed by atoms with Crippen LogP contribution in [-0.2, 0) is 29.1 Å². The van der Waals surface area contributed by atoms with Crippen LogP contribution in [0, 0.1) is 29.1 Å². The van der Waals surface area contributed by atoms with Crippen LogP contribution in [0.1, 0.15) is 57.2 Å². The van der Waals surface area contributed by atoms with Crippen LogP contribution in [0.15, 0.2) is 66.7 Å². The number of rotatable bonds is 14.